The van der Waals surface area contributed by atoms with Crippen LogP contribution in [-0.2, 0) is 0 Å². The number of hydrogen-bond donors (Lipinski definition) is 1. The van der Waals surface area contributed by atoms with E-state index in [0.717, 1.165) is 31.6 Å². The number of nitrogens with zero attached hydrogens (tertiary/aromatic N) is 1. The first-order valence-electron chi connectivity index (χ1n) is 8.50. The van der Waals surface area contributed by atoms with Gasteiger partial charge in [-0.05, 0) is 43.2 Å². The summed E-state index contributed by atoms with van der Waals surface area (Å²) in [6.45, 7) is 1.88. The average molecular weight is 369 g/mol. The molecule has 0 atom stereocenters. The van der Waals surface area contributed by atoms with E-state index in [0.29, 0.717) is 21.7 Å². The van der Waals surface area contributed by atoms with E-state index in [2.05, 4.69) is 10.2 Å². The Morgan fingerprint density at radius 3 is 2.65 bits per heavy atom. The molecule has 0 bridgehead atoms. The summed E-state index contributed by atoms with van der Waals surface area (Å²) in [5.41, 5.74) is 1.67. The fourth-order valence-corrected chi connectivity index (χ4v) is 3.41. The average Bonchev–Trinajstić information content (AvgIpc) is 3.16. The molecule has 0 unspecified atom stereocenters. The Hall–Kier alpha value is -2.79. The summed E-state index contributed by atoms with van der Waals surface area (Å²) in [4.78, 5) is 27.1. The van der Waals surface area contributed by atoms with Gasteiger partial charge in [-0.15, -0.1) is 0 Å². The second kappa shape index (κ2) is 6.84. The normalized spacial score (nSPS) is 14.0. The molecule has 6 heteroatoms. The SMILES string of the molecule is O=C(Nc1cc(Cl)ccc1N1CCCC1)c1cc(=O)c2ccccc2o1. The smallest absolute Gasteiger partial charge is 0.291 e. The summed E-state index contributed by atoms with van der Waals surface area (Å²) in [6, 6.07) is 13.5. The van der Waals surface area contributed by atoms with Gasteiger partial charge in [0.15, 0.2) is 11.2 Å². The van der Waals surface area contributed by atoms with Crippen molar-refractivity contribution in [2.75, 3.05) is 23.3 Å². The zero-order valence-corrected chi connectivity index (χ0v) is 14.8. The van der Waals surface area contributed by atoms with Crippen molar-refractivity contribution in [1.82, 2.24) is 0 Å². The third-order valence-electron chi connectivity index (χ3n) is 4.51. The van der Waals surface area contributed by atoms with Gasteiger partial charge in [-0.1, -0.05) is 23.7 Å². The number of hydrogen-bond acceptors (Lipinski definition) is 4. The summed E-state index contributed by atoms with van der Waals surface area (Å²) in [6.07, 6.45) is 2.24. The molecule has 1 aliphatic rings. The van der Waals surface area contributed by atoms with E-state index in [-0.39, 0.29) is 11.2 Å². The molecule has 1 saturated heterocycles. The predicted octanol–water partition coefficient (Wildman–Crippen LogP) is 4.30. The number of carbonyl (C=O) groups excluding carboxylic acids is 1. The fourth-order valence-electron chi connectivity index (χ4n) is 3.24. The fraction of sp³-hybridized carbons (Fsp3) is 0.200. The van der Waals surface area contributed by atoms with E-state index >= 15 is 0 Å². The van der Waals surface area contributed by atoms with Crippen molar-refractivity contribution in [1.29, 1.82) is 0 Å². The molecular weight excluding hydrogens is 352 g/mol. The number of anilines is 2. The van der Waals surface area contributed by atoms with Gasteiger partial charge in [0.25, 0.3) is 5.91 Å². The summed E-state index contributed by atoms with van der Waals surface area (Å²) in [5.74, 6) is -0.503. The Balaban J connectivity index is 1.68. The monoisotopic (exact) mass is 368 g/mol. The van der Waals surface area contributed by atoms with Crippen molar-refractivity contribution in [3.05, 3.63) is 69.5 Å². The Morgan fingerprint density at radius 2 is 1.85 bits per heavy atom. The lowest BCUT2D eigenvalue weighted by Gasteiger charge is -2.21. The van der Waals surface area contributed by atoms with Crippen molar-refractivity contribution in [3.8, 4) is 0 Å². The van der Waals surface area contributed by atoms with Gasteiger partial charge in [0, 0.05) is 24.2 Å². The molecule has 1 amide bonds. The lowest BCUT2D eigenvalue weighted by Crippen LogP contribution is -2.21. The molecule has 132 valence electrons. The number of nitrogens with one attached hydrogen (secondary N) is 1. The van der Waals surface area contributed by atoms with Gasteiger partial charge in [-0.2, -0.15) is 0 Å². The Bertz CT molecular complexity index is 1040. The largest absolute Gasteiger partial charge is 0.451 e. The van der Waals surface area contributed by atoms with Crippen LogP contribution in [0.2, 0.25) is 5.02 Å². The van der Waals surface area contributed by atoms with Gasteiger partial charge in [0.2, 0.25) is 0 Å². The van der Waals surface area contributed by atoms with E-state index in [9.17, 15) is 9.59 Å². The summed E-state index contributed by atoms with van der Waals surface area (Å²) in [5, 5.41) is 3.82. The summed E-state index contributed by atoms with van der Waals surface area (Å²) < 4.78 is 5.61. The van der Waals surface area contributed by atoms with Gasteiger partial charge < -0.3 is 14.6 Å². The molecule has 0 radical (unpaired) electrons. The second-order valence-electron chi connectivity index (χ2n) is 6.28. The minimum atomic E-state index is -0.476. The number of para-hydroxylation sites is 1. The molecule has 26 heavy (non-hydrogen) atoms. The second-order valence-corrected chi connectivity index (χ2v) is 6.72. The van der Waals surface area contributed by atoms with Crippen LogP contribution in [0.15, 0.2) is 57.7 Å². The first-order valence-corrected chi connectivity index (χ1v) is 8.88. The molecule has 0 saturated carbocycles. The quantitative estimate of drug-likeness (QED) is 0.748. The van der Waals surface area contributed by atoms with Crippen LogP contribution in [0.1, 0.15) is 23.4 Å². The number of carbonyl (C=O) groups is 1. The van der Waals surface area contributed by atoms with Crippen LogP contribution in [-0.4, -0.2) is 19.0 Å². The van der Waals surface area contributed by atoms with Crippen molar-refractivity contribution < 1.29 is 9.21 Å². The molecule has 0 spiro atoms. The predicted molar refractivity (Wildman–Crippen MR) is 103 cm³/mol. The van der Waals surface area contributed by atoms with E-state index in [4.69, 9.17) is 16.0 Å². The zero-order chi connectivity index (χ0) is 18.1. The summed E-state index contributed by atoms with van der Waals surface area (Å²) in [7, 11) is 0. The highest BCUT2D eigenvalue weighted by atomic mass is 35.5. The molecular formula is C20H17ClN2O3. The van der Waals surface area contributed by atoms with E-state index < -0.39 is 5.91 Å². The third-order valence-corrected chi connectivity index (χ3v) is 4.75. The van der Waals surface area contributed by atoms with Crippen LogP contribution < -0.4 is 15.6 Å². The zero-order valence-electron chi connectivity index (χ0n) is 14.0. The molecule has 5 nitrogen and oxygen atoms in total. The van der Waals surface area contributed by atoms with Crippen LogP contribution in [0.25, 0.3) is 11.0 Å². The van der Waals surface area contributed by atoms with Crippen LogP contribution in [0.3, 0.4) is 0 Å². The number of amides is 1. The minimum Gasteiger partial charge on any atom is -0.451 e. The van der Waals surface area contributed by atoms with E-state index in [1.807, 2.05) is 6.07 Å². The first kappa shape index (κ1) is 16.7. The maximum Gasteiger partial charge on any atom is 0.291 e. The number of halogens is 1. The Kier molecular flexibility index (Phi) is 4.39. The maximum absolute atomic E-state index is 12.7. The van der Waals surface area contributed by atoms with Gasteiger partial charge in [0.05, 0.1) is 16.8 Å². The number of benzene rings is 2. The van der Waals surface area contributed by atoms with Gasteiger partial charge >= 0.3 is 0 Å². The minimum absolute atomic E-state index is 0.0268. The van der Waals surface area contributed by atoms with Crippen LogP contribution in [0, 0.1) is 0 Å². The van der Waals surface area contributed by atoms with Gasteiger partial charge in [-0.3, -0.25) is 9.59 Å². The third kappa shape index (κ3) is 3.18. The molecule has 4 rings (SSSR count). The Labute approximate surface area is 155 Å². The molecule has 1 N–H and O–H groups in total. The molecule has 2 aromatic carbocycles. The molecule has 0 aliphatic carbocycles. The molecule has 1 fully saturated rings. The van der Waals surface area contributed by atoms with Crippen molar-refractivity contribution in [2.24, 2.45) is 0 Å². The standard InChI is InChI=1S/C20H17ClN2O3/c21-13-7-8-16(23-9-3-4-10-23)15(11-13)22-20(25)19-12-17(24)14-5-1-2-6-18(14)26-19/h1-2,5-8,11-12H,3-4,9-10H2,(H,22,25). The topological polar surface area (TPSA) is 62.6 Å². The number of rotatable bonds is 3. The van der Waals surface area contributed by atoms with Crippen LogP contribution in [0.4, 0.5) is 11.4 Å². The van der Waals surface area contributed by atoms with Gasteiger partial charge in [0.1, 0.15) is 5.58 Å². The first-order chi connectivity index (χ1) is 12.6. The van der Waals surface area contributed by atoms with Crippen LogP contribution >= 0.6 is 11.6 Å². The lowest BCUT2D eigenvalue weighted by atomic mass is 10.2. The lowest BCUT2D eigenvalue weighted by molar-refractivity contribution is 0.0997. The van der Waals surface area contributed by atoms with Gasteiger partial charge in [-0.25, -0.2) is 0 Å². The highest BCUT2D eigenvalue weighted by molar-refractivity contribution is 6.31. The summed E-state index contributed by atoms with van der Waals surface area (Å²) >= 11 is 6.11. The van der Waals surface area contributed by atoms with Crippen molar-refractivity contribution in [2.45, 2.75) is 12.8 Å². The van der Waals surface area contributed by atoms with Crippen molar-refractivity contribution in [3.63, 3.8) is 0 Å². The molecule has 1 aromatic heterocycles. The van der Waals surface area contributed by atoms with E-state index in [1.54, 1.807) is 36.4 Å². The van der Waals surface area contributed by atoms with Crippen molar-refractivity contribution >= 4 is 39.9 Å². The molecule has 3 aromatic rings. The molecule has 1 aliphatic heterocycles. The van der Waals surface area contributed by atoms with E-state index in [1.165, 1.54) is 6.07 Å². The highest BCUT2D eigenvalue weighted by Gasteiger charge is 2.19. The number of fused-ring (bicyclic) bond motifs is 1. The van der Waals surface area contributed by atoms with Crippen LogP contribution in [0.5, 0.6) is 0 Å². The molecule has 2 heterocycles. The maximum atomic E-state index is 12.7. The highest BCUT2D eigenvalue weighted by Crippen LogP contribution is 2.32. The Morgan fingerprint density at radius 1 is 1.08 bits per heavy atom.